The fourth-order valence-electron chi connectivity index (χ4n) is 2.78. The first kappa shape index (κ1) is 15.7. The third-order valence-electron chi connectivity index (χ3n) is 3.99. The molecule has 1 aliphatic carbocycles. The summed E-state index contributed by atoms with van der Waals surface area (Å²) in [6.45, 7) is 1.87. The number of hydrogen-bond donors (Lipinski definition) is 1. The van der Waals surface area contributed by atoms with E-state index in [2.05, 4.69) is 27.4 Å². The molecule has 0 radical (unpaired) electrons. The lowest BCUT2D eigenvalue weighted by Crippen LogP contribution is -2.15. The maximum absolute atomic E-state index is 5.66. The lowest BCUT2D eigenvalue weighted by Gasteiger charge is -2.13. The molecule has 1 heterocycles. The Morgan fingerprint density at radius 2 is 2.00 bits per heavy atom. The van der Waals surface area contributed by atoms with Crippen LogP contribution in [0.2, 0.25) is 0 Å². The molecule has 3 rings (SSSR count). The van der Waals surface area contributed by atoms with Crippen molar-refractivity contribution in [3.63, 3.8) is 0 Å². The molecule has 0 amide bonds. The van der Waals surface area contributed by atoms with E-state index in [9.17, 15) is 0 Å². The van der Waals surface area contributed by atoms with Crippen LogP contribution >= 0.6 is 0 Å². The molecule has 1 aromatic carbocycles. The van der Waals surface area contributed by atoms with Crippen LogP contribution in [0.3, 0.4) is 0 Å². The van der Waals surface area contributed by atoms with Gasteiger partial charge in [0.2, 0.25) is 0 Å². The van der Waals surface area contributed by atoms with Crippen molar-refractivity contribution in [1.82, 2.24) is 15.3 Å². The fourth-order valence-corrected chi connectivity index (χ4v) is 2.78. The first-order valence-corrected chi connectivity index (χ1v) is 8.32. The third-order valence-corrected chi connectivity index (χ3v) is 3.99. The van der Waals surface area contributed by atoms with Gasteiger partial charge in [-0.2, -0.15) is 0 Å². The van der Waals surface area contributed by atoms with Gasteiger partial charge in [-0.15, -0.1) is 0 Å². The molecule has 23 heavy (non-hydrogen) atoms. The van der Waals surface area contributed by atoms with Crippen LogP contribution in [0.25, 0.3) is 0 Å². The molecule has 1 aliphatic rings. The highest BCUT2D eigenvalue weighted by atomic mass is 16.5. The van der Waals surface area contributed by atoms with Crippen molar-refractivity contribution in [3.05, 3.63) is 59.9 Å². The van der Waals surface area contributed by atoms with E-state index in [1.165, 1.54) is 31.2 Å². The fraction of sp³-hybridized carbons (Fsp3) is 0.368. The maximum Gasteiger partial charge on any atom is 0.321 e. The topological polar surface area (TPSA) is 47.0 Å². The standard InChI is InChI=1S/C19H23N3O/c1-2-6-16(7-3-1)10-13-20-15-17-8-4-9-18(14-17)23-19-21-11-5-12-22-19/h4-6,8-9,11-12,14,20H,1-3,7,10,13,15H2. The average molecular weight is 309 g/mol. The van der Waals surface area contributed by atoms with E-state index in [1.807, 2.05) is 18.2 Å². The second-order valence-corrected chi connectivity index (χ2v) is 5.82. The SMILES string of the molecule is C1=C(CCNCc2cccc(Oc3ncccn3)c2)CCCC1. The third kappa shape index (κ3) is 5.18. The van der Waals surface area contributed by atoms with Crippen LogP contribution in [0, 0.1) is 0 Å². The van der Waals surface area contributed by atoms with Gasteiger partial charge in [0.15, 0.2) is 0 Å². The van der Waals surface area contributed by atoms with Crippen molar-refractivity contribution in [2.24, 2.45) is 0 Å². The minimum absolute atomic E-state index is 0.377. The summed E-state index contributed by atoms with van der Waals surface area (Å²) in [5.41, 5.74) is 2.82. The van der Waals surface area contributed by atoms with E-state index in [-0.39, 0.29) is 0 Å². The van der Waals surface area contributed by atoms with Crippen LogP contribution in [-0.4, -0.2) is 16.5 Å². The first-order chi connectivity index (χ1) is 11.4. The Morgan fingerprint density at radius 1 is 1.09 bits per heavy atom. The van der Waals surface area contributed by atoms with E-state index in [1.54, 1.807) is 24.0 Å². The molecule has 4 heteroatoms. The van der Waals surface area contributed by atoms with E-state index < -0.39 is 0 Å². The summed E-state index contributed by atoms with van der Waals surface area (Å²) < 4.78 is 5.66. The summed E-state index contributed by atoms with van der Waals surface area (Å²) in [7, 11) is 0. The minimum atomic E-state index is 0.377. The predicted molar refractivity (Wildman–Crippen MR) is 91.4 cm³/mol. The van der Waals surface area contributed by atoms with E-state index in [0.717, 1.165) is 25.3 Å². The van der Waals surface area contributed by atoms with Gasteiger partial charge < -0.3 is 10.1 Å². The molecule has 120 valence electrons. The molecule has 4 nitrogen and oxygen atoms in total. The Bertz CT molecular complexity index is 640. The number of rotatable bonds is 7. The van der Waals surface area contributed by atoms with Gasteiger partial charge in [0.05, 0.1) is 0 Å². The second kappa shape index (κ2) is 8.44. The minimum Gasteiger partial charge on any atom is -0.424 e. The lowest BCUT2D eigenvalue weighted by molar-refractivity contribution is 0.441. The van der Waals surface area contributed by atoms with Crippen molar-refractivity contribution in [3.8, 4) is 11.8 Å². The molecule has 0 fully saturated rings. The van der Waals surface area contributed by atoms with Gasteiger partial charge in [-0.05, 0) is 62.4 Å². The molecule has 0 bridgehead atoms. The summed E-state index contributed by atoms with van der Waals surface area (Å²) in [6.07, 6.45) is 12.2. The smallest absolute Gasteiger partial charge is 0.321 e. The molecular weight excluding hydrogens is 286 g/mol. The van der Waals surface area contributed by atoms with Gasteiger partial charge in [0.25, 0.3) is 0 Å². The molecule has 2 aromatic rings. The van der Waals surface area contributed by atoms with Crippen molar-refractivity contribution in [2.75, 3.05) is 6.54 Å². The zero-order valence-electron chi connectivity index (χ0n) is 13.4. The van der Waals surface area contributed by atoms with Crippen molar-refractivity contribution < 1.29 is 4.74 Å². The number of nitrogens with zero attached hydrogens (tertiary/aromatic N) is 2. The normalized spacial score (nSPS) is 14.3. The monoisotopic (exact) mass is 309 g/mol. The van der Waals surface area contributed by atoms with Crippen LogP contribution in [0.5, 0.6) is 11.8 Å². The number of allylic oxidation sites excluding steroid dienone is 1. The van der Waals surface area contributed by atoms with Gasteiger partial charge in [0.1, 0.15) is 5.75 Å². The quantitative estimate of drug-likeness (QED) is 0.613. The molecule has 0 saturated heterocycles. The largest absolute Gasteiger partial charge is 0.424 e. The maximum atomic E-state index is 5.66. The van der Waals surface area contributed by atoms with Crippen LogP contribution in [0.15, 0.2) is 54.4 Å². The highest BCUT2D eigenvalue weighted by Gasteiger charge is 2.04. The second-order valence-electron chi connectivity index (χ2n) is 5.82. The zero-order valence-corrected chi connectivity index (χ0v) is 13.4. The number of ether oxygens (including phenoxy) is 1. The Balaban J connectivity index is 1.46. The summed E-state index contributed by atoms with van der Waals surface area (Å²) in [4.78, 5) is 8.15. The van der Waals surface area contributed by atoms with Crippen molar-refractivity contribution in [1.29, 1.82) is 0 Å². The predicted octanol–water partition coefficient (Wildman–Crippen LogP) is 4.25. The highest BCUT2D eigenvalue weighted by molar-refractivity contribution is 5.30. The van der Waals surface area contributed by atoms with Gasteiger partial charge in [0, 0.05) is 18.9 Å². The number of hydrogen-bond acceptors (Lipinski definition) is 4. The van der Waals surface area contributed by atoms with Crippen molar-refractivity contribution >= 4 is 0 Å². The number of benzene rings is 1. The Labute approximate surface area is 137 Å². The van der Waals surface area contributed by atoms with E-state index in [0.29, 0.717) is 6.01 Å². The molecule has 0 saturated carbocycles. The summed E-state index contributed by atoms with van der Waals surface area (Å²) in [5, 5.41) is 3.51. The van der Waals surface area contributed by atoms with Gasteiger partial charge in [-0.1, -0.05) is 23.8 Å². The van der Waals surface area contributed by atoms with Crippen LogP contribution < -0.4 is 10.1 Å². The molecule has 0 unspecified atom stereocenters. The van der Waals surface area contributed by atoms with Crippen LogP contribution in [0.1, 0.15) is 37.7 Å². The summed E-state index contributed by atoms with van der Waals surface area (Å²) in [5.74, 6) is 0.769. The molecule has 0 atom stereocenters. The Morgan fingerprint density at radius 3 is 2.83 bits per heavy atom. The average Bonchev–Trinajstić information content (AvgIpc) is 2.61. The van der Waals surface area contributed by atoms with E-state index >= 15 is 0 Å². The number of nitrogens with one attached hydrogen (secondary N) is 1. The Kier molecular flexibility index (Phi) is 5.75. The zero-order chi connectivity index (χ0) is 15.7. The first-order valence-electron chi connectivity index (χ1n) is 8.32. The van der Waals surface area contributed by atoms with Gasteiger partial charge in [-0.25, -0.2) is 9.97 Å². The van der Waals surface area contributed by atoms with Crippen LogP contribution in [-0.2, 0) is 6.54 Å². The highest BCUT2D eigenvalue weighted by Crippen LogP contribution is 2.20. The molecule has 1 N–H and O–H groups in total. The van der Waals surface area contributed by atoms with Gasteiger partial charge >= 0.3 is 6.01 Å². The molecular formula is C19H23N3O. The lowest BCUT2D eigenvalue weighted by atomic mass is 9.97. The molecule has 0 spiro atoms. The van der Waals surface area contributed by atoms with E-state index in [4.69, 9.17) is 4.74 Å². The Hall–Kier alpha value is -2.20. The molecule has 0 aliphatic heterocycles. The number of aromatic nitrogens is 2. The van der Waals surface area contributed by atoms with Crippen LogP contribution in [0.4, 0.5) is 0 Å². The molecule has 1 aromatic heterocycles. The van der Waals surface area contributed by atoms with Crippen molar-refractivity contribution in [2.45, 2.75) is 38.6 Å². The summed E-state index contributed by atoms with van der Waals surface area (Å²) >= 11 is 0. The van der Waals surface area contributed by atoms with Gasteiger partial charge in [-0.3, -0.25) is 0 Å². The summed E-state index contributed by atoms with van der Waals surface area (Å²) in [6, 6.07) is 10.2.